The smallest absolute Gasteiger partial charge is 0.350 e. The Balaban J connectivity index is 1.77. The summed E-state index contributed by atoms with van der Waals surface area (Å²) in [6.07, 6.45) is -3.81. The van der Waals surface area contributed by atoms with Gasteiger partial charge in [-0.1, -0.05) is 24.3 Å². The molecule has 0 saturated carbocycles. The SMILES string of the molecule is CC(=O)NC(C)c1ccc(-c2csc(NC(=O)c3cnn(C(C)C)c3C(F)(F)F)n2)cc1. The van der Waals surface area contributed by atoms with E-state index in [1.807, 2.05) is 31.2 Å². The Morgan fingerprint density at radius 2 is 1.78 bits per heavy atom. The molecule has 32 heavy (non-hydrogen) atoms. The first-order valence-electron chi connectivity index (χ1n) is 9.76. The molecule has 1 atom stereocenters. The molecule has 2 heterocycles. The number of rotatable bonds is 6. The van der Waals surface area contributed by atoms with Crippen LogP contribution >= 0.6 is 11.3 Å². The Morgan fingerprint density at radius 1 is 1.12 bits per heavy atom. The third-order valence-electron chi connectivity index (χ3n) is 4.65. The van der Waals surface area contributed by atoms with Gasteiger partial charge in [-0.05, 0) is 26.3 Å². The normalized spacial score (nSPS) is 12.6. The van der Waals surface area contributed by atoms with E-state index in [1.54, 1.807) is 19.2 Å². The fourth-order valence-corrected chi connectivity index (χ4v) is 3.88. The molecule has 0 aliphatic rings. The molecule has 0 aliphatic heterocycles. The Kier molecular flexibility index (Phi) is 6.68. The van der Waals surface area contributed by atoms with Gasteiger partial charge in [-0.2, -0.15) is 18.3 Å². The molecule has 3 aromatic rings. The van der Waals surface area contributed by atoms with E-state index >= 15 is 0 Å². The summed E-state index contributed by atoms with van der Waals surface area (Å²) >= 11 is 1.10. The first-order valence-corrected chi connectivity index (χ1v) is 10.6. The summed E-state index contributed by atoms with van der Waals surface area (Å²) in [5.41, 5.74) is 0.599. The van der Waals surface area contributed by atoms with Crippen LogP contribution in [0.4, 0.5) is 18.3 Å². The summed E-state index contributed by atoms with van der Waals surface area (Å²) in [4.78, 5) is 28.0. The molecule has 2 amide bonds. The largest absolute Gasteiger partial charge is 0.433 e. The van der Waals surface area contributed by atoms with Crippen LogP contribution in [0.5, 0.6) is 0 Å². The van der Waals surface area contributed by atoms with E-state index < -0.39 is 29.4 Å². The van der Waals surface area contributed by atoms with Crippen molar-refractivity contribution in [3.05, 3.63) is 52.7 Å². The number of hydrogen-bond acceptors (Lipinski definition) is 5. The summed E-state index contributed by atoms with van der Waals surface area (Å²) in [7, 11) is 0. The zero-order valence-electron chi connectivity index (χ0n) is 17.8. The fraction of sp³-hybridized carbons (Fsp3) is 0.333. The number of halogens is 3. The van der Waals surface area contributed by atoms with Gasteiger partial charge in [-0.15, -0.1) is 11.3 Å². The molecule has 11 heteroatoms. The third-order valence-corrected chi connectivity index (χ3v) is 5.41. The maximum absolute atomic E-state index is 13.5. The van der Waals surface area contributed by atoms with Gasteiger partial charge in [0, 0.05) is 23.9 Å². The Hall–Kier alpha value is -3.21. The van der Waals surface area contributed by atoms with E-state index in [9.17, 15) is 22.8 Å². The summed E-state index contributed by atoms with van der Waals surface area (Å²) in [5.74, 6) is -1.06. The van der Waals surface area contributed by atoms with Gasteiger partial charge in [0.05, 0.1) is 23.5 Å². The molecule has 3 rings (SSSR count). The van der Waals surface area contributed by atoms with Gasteiger partial charge in [0.25, 0.3) is 5.91 Å². The number of nitrogens with zero attached hydrogens (tertiary/aromatic N) is 3. The van der Waals surface area contributed by atoms with E-state index in [-0.39, 0.29) is 17.1 Å². The van der Waals surface area contributed by atoms with E-state index in [1.165, 1.54) is 6.92 Å². The van der Waals surface area contributed by atoms with Crippen molar-refractivity contribution in [2.75, 3.05) is 5.32 Å². The molecule has 0 bridgehead atoms. The summed E-state index contributed by atoms with van der Waals surface area (Å²) in [6, 6.07) is 6.63. The first-order chi connectivity index (χ1) is 15.0. The van der Waals surface area contributed by atoms with Crippen molar-refractivity contribution in [2.45, 2.75) is 46.0 Å². The molecule has 0 fully saturated rings. The van der Waals surface area contributed by atoms with E-state index in [4.69, 9.17) is 0 Å². The predicted octanol–water partition coefficient (Wildman–Crippen LogP) is 5.06. The van der Waals surface area contributed by atoms with E-state index in [0.717, 1.165) is 33.3 Å². The summed E-state index contributed by atoms with van der Waals surface area (Å²) < 4.78 is 41.3. The van der Waals surface area contributed by atoms with Crippen molar-refractivity contribution < 1.29 is 22.8 Å². The Labute approximate surface area is 186 Å². The van der Waals surface area contributed by atoms with Crippen LogP contribution in [-0.4, -0.2) is 26.6 Å². The van der Waals surface area contributed by atoms with Crippen molar-refractivity contribution in [3.8, 4) is 11.3 Å². The average molecular weight is 466 g/mol. The number of anilines is 1. The number of alkyl halides is 3. The second kappa shape index (κ2) is 9.11. The molecule has 7 nitrogen and oxygen atoms in total. The molecule has 1 aromatic carbocycles. The van der Waals surface area contributed by atoms with Crippen molar-refractivity contribution in [2.24, 2.45) is 0 Å². The van der Waals surface area contributed by atoms with Crippen LogP contribution in [0.25, 0.3) is 11.3 Å². The first kappa shape index (κ1) is 23.5. The summed E-state index contributed by atoms with van der Waals surface area (Å²) in [6.45, 7) is 6.42. The molecular formula is C21H22F3N5O2S. The monoisotopic (exact) mass is 465 g/mol. The van der Waals surface area contributed by atoms with Crippen LogP contribution in [0.3, 0.4) is 0 Å². The van der Waals surface area contributed by atoms with Gasteiger partial charge < -0.3 is 5.32 Å². The minimum absolute atomic E-state index is 0.130. The number of carbonyl (C=O) groups excluding carboxylic acids is 2. The van der Waals surface area contributed by atoms with Crippen LogP contribution in [0.1, 0.15) is 61.4 Å². The standard InChI is InChI=1S/C21H22F3N5O2S/c1-11(2)29-18(21(22,23)24)16(9-25-29)19(31)28-20-27-17(10-32-20)15-7-5-14(6-8-15)12(3)26-13(4)30/h5-12H,1-4H3,(H,26,30)(H,27,28,31). The number of benzene rings is 1. The van der Waals surface area contributed by atoms with Crippen molar-refractivity contribution >= 4 is 28.3 Å². The average Bonchev–Trinajstić information content (AvgIpc) is 3.34. The van der Waals surface area contributed by atoms with Gasteiger partial charge in [0.2, 0.25) is 5.91 Å². The van der Waals surface area contributed by atoms with Crippen molar-refractivity contribution in [1.29, 1.82) is 0 Å². The quantitative estimate of drug-likeness (QED) is 0.533. The number of nitrogens with one attached hydrogen (secondary N) is 2. The Morgan fingerprint density at radius 3 is 2.34 bits per heavy atom. The van der Waals surface area contributed by atoms with Crippen LogP contribution in [0, 0.1) is 0 Å². The molecule has 0 aliphatic carbocycles. The third kappa shape index (κ3) is 5.16. The molecule has 170 valence electrons. The number of amides is 2. The molecule has 1 unspecified atom stereocenters. The highest BCUT2D eigenvalue weighted by Gasteiger charge is 2.40. The zero-order chi connectivity index (χ0) is 23.6. The fourth-order valence-electron chi connectivity index (χ4n) is 3.16. The highest BCUT2D eigenvalue weighted by molar-refractivity contribution is 7.14. The maximum Gasteiger partial charge on any atom is 0.433 e. The Bertz CT molecular complexity index is 1120. The molecule has 0 radical (unpaired) electrons. The number of hydrogen-bond donors (Lipinski definition) is 2. The van der Waals surface area contributed by atoms with Gasteiger partial charge in [0.1, 0.15) is 0 Å². The minimum Gasteiger partial charge on any atom is -0.350 e. The van der Waals surface area contributed by atoms with Gasteiger partial charge in [-0.25, -0.2) is 4.98 Å². The highest BCUT2D eigenvalue weighted by Crippen LogP contribution is 2.34. The van der Waals surface area contributed by atoms with E-state index in [2.05, 4.69) is 20.7 Å². The highest BCUT2D eigenvalue weighted by atomic mass is 32.1. The second-order valence-electron chi connectivity index (χ2n) is 7.48. The second-order valence-corrected chi connectivity index (χ2v) is 8.34. The van der Waals surface area contributed by atoms with Gasteiger partial charge in [0.15, 0.2) is 10.8 Å². The molecular weight excluding hydrogens is 443 g/mol. The molecule has 2 aromatic heterocycles. The topological polar surface area (TPSA) is 88.9 Å². The van der Waals surface area contributed by atoms with Crippen LogP contribution in [0.15, 0.2) is 35.8 Å². The van der Waals surface area contributed by atoms with Gasteiger partial charge in [-0.3, -0.25) is 19.6 Å². The molecule has 0 saturated heterocycles. The zero-order valence-corrected chi connectivity index (χ0v) is 18.6. The minimum atomic E-state index is -4.72. The van der Waals surface area contributed by atoms with E-state index in [0.29, 0.717) is 5.69 Å². The lowest BCUT2D eigenvalue weighted by molar-refractivity contribution is -0.145. The van der Waals surface area contributed by atoms with Crippen LogP contribution in [-0.2, 0) is 11.0 Å². The predicted molar refractivity (Wildman–Crippen MR) is 115 cm³/mol. The number of aromatic nitrogens is 3. The summed E-state index contributed by atoms with van der Waals surface area (Å²) in [5, 5.41) is 10.8. The molecule has 0 spiro atoms. The lowest BCUT2D eigenvalue weighted by atomic mass is 10.1. The number of carbonyl (C=O) groups is 2. The van der Waals surface area contributed by atoms with Crippen LogP contribution in [0.2, 0.25) is 0 Å². The van der Waals surface area contributed by atoms with Crippen molar-refractivity contribution in [3.63, 3.8) is 0 Å². The lowest BCUT2D eigenvalue weighted by Crippen LogP contribution is -2.23. The maximum atomic E-state index is 13.5. The lowest BCUT2D eigenvalue weighted by Gasteiger charge is -2.14. The van der Waals surface area contributed by atoms with Crippen molar-refractivity contribution in [1.82, 2.24) is 20.1 Å². The molecule has 2 N–H and O–H groups in total. The van der Waals surface area contributed by atoms with Gasteiger partial charge >= 0.3 is 6.18 Å². The number of thiazole rings is 1. The van der Waals surface area contributed by atoms with Crippen LogP contribution < -0.4 is 10.6 Å².